The molecule has 0 fully saturated rings. The van der Waals surface area contributed by atoms with Crippen molar-refractivity contribution in [1.29, 1.82) is 0 Å². The normalized spacial score (nSPS) is 13.5. The number of carbonyl (C=O) groups is 1. The summed E-state index contributed by atoms with van der Waals surface area (Å²) in [5.41, 5.74) is 3.05. The van der Waals surface area contributed by atoms with Crippen molar-refractivity contribution in [2.45, 2.75) is 5.75 Å². The predicted octanol–water partition coefficient (Wildman–Crippen LogP) is 4.54. The Labute approximate surface area is 126 Å². The van der Waals surface area contributed by atoms with Gasteiger partial charge in [-0.25, -0.2) is 4.99 Å². The molecular weight excluding hydrogens is 286 g/mol. The molecule has 0 saturated carbocycles. The molecule has 3 rings (SSSR count). The summed E-state index contributed by atoms with van der Waals surface area (Å²) in [5, 5.41) is 0. The van der Waals surface area contributed by atoms with Crippen molar-refractivity contribution in [3.05, 3.63) is 65.7 Å². The number of fused-ring (bicyclic) bond motifs is 1. The molecule has 2 aromatic rings. The Kier molecular flexibility index (Phi) is 4.23. The Balaban J connectivity index is 1.65. The van der Waals surface area contributed by atoms with E-state index < -0.39 is 0 Å². The molecule has 1 aliphatic rings. The van der Waals surface area contributed by atoms with Crippen LogP contribution in [0.5, 0.6) is 0 Å². The zero-order valence-corrected chi connectivity index (χ0v) is 12.4. The molecule has 4 heteroatoms. The van der Waals surface area contributed by atoms with Crippen molar-refractivity contribution in [3.8, 4) is 0 Å². The molecule has 0 saturated heterocycles. The zero-order chi connectivity index (χ0) is 13.8. The third-order valence-electron chi connectivity index (χ3n) is 2.98. The number of hydrogen-bond acceptors (Lipinski definition) is 4. The Morgan fingerprint density at radius 1 is 1.10 bits per heavy atom. The van der Waals surface area contributed by atoms with Gasteiger partial charge in [0.15, 0.2) is 5.78 Å². The van der Waals surface area contributed by atoms with Crippen LogP contribution in [-0.4, -0.2) is 15.9 Å². The van der Waals surface area contributed by atoms with Crippen molar-refractivity contribution in [2.24, 2.45) is 4.99 Å². The van der Waals surface area contributed by atoms with Gasteiger partial charge in [-0.3, -0.25) is 4.79 Å². The van der Waals surface area contributed by atoms with E-state index in [0.29, 0.717) is 5.75 Å². The molecule has 0 aromatic heterocycles. The second-order valence-corrected chi connectivity index (χ2v) is 6.56. The van der Waals surface area contributed by atoms with Crippen LogP contribution in [0.25, 0.3) is 0 Å². The summed E-state index contributed by atoms with van der Waals surface area (Å²) in [6.07, 6.45) is 0. The molecule has 20 heavy (non-hydrogen) atoms. The van der Waals surface area contributed by atoms with Crippen LogP contribution < -0.4 is 0 Å². The molecule has 0 bridgehead atoms. The standard InChI is InChI=1S/C16H13NOS2/c18-15(12-6-2-1-3-7-12)11-20-16-17-14-9-5-4-8-13(14)10-19-16/h1-9H,10-11H2. The number of para-hydroxylation sites is 1. The summed E-state index contributed by atoms with van der Waals surface area (Å²) in [6, 6.07) is 17.6. The fraction of sp³-hybridized carbons (Fsp3) is 0.125. The summed E-state index contributed by atoms with van der Waals surface area (Å²) >= 11 is 3.23. The average molecular weight is 299 g/mol. The van der Waals surface area contributed by atoms with Crippen molar-refractivity contribution in [1.82, 2.24) is 0 Å². The van der Waals surface area contributed by atoms with E-state index in [1.54, 1.807) is 11.8 Å². The minimum Gasteiger partial charge on any atom is -0.293 e. The smallest absolute Gasteiger partial charge is 0.173 e. The summed E-state index contributed by atoms with van der Waals surface area (Å²) in [6.45, 7) is 0. The summed E-state index contributed by atoms with van der Waals surface area (Å²) < 4.78 is 0.980. The van der Waals surface area contributed by atoms with Gasteiger partial charge in [0.25, 0.3) is 0 Å². The molecule has 0 unspecified atom stereocenters. The maximum Gasteiger partial charge on any atom is 0.173 e. The molecule has 0 aliphatic carbocycles. The average Bonchev–Trinajstić information content (AvgIpc) is 2.53. The van der Waals surface area contributed by atoms with Crippen LogP contribution in [-0.2, 0) is 5.75 Å². The molecule has 0 N–H and O–H groups in total. The SMILES string of the molecule is O=C(CSC1=Nc2ccccc2CS1)c1ccccc1. The Morgan fingerprint density at radius 2 is 1.85 bits per heavy atom. The van der Waals surface area contributed by atoms with Crippen molar-refractivity contribution in [3.63, 3.8) is 0 Å². The first kappa shape index (κ1) is 13.5. The topological polar surface area (TPSA) is 29.4 Å². The molecule has 1 heterocycles. The van der Waals surface area contributed by atoms with Gasteiger partial charge in [0.2, 0.25) is 0 Å². The van der Waals surface area contributed by atoms with Gasteiger partial charge in [0, 0.05) is 11.3 Å². The molecule has 0 amide bonds. The molecule has 1 aliphatic heterocycles. The molecule has 0 radical (unpaired) electrons. The van der Waals surface area contributed by atoms with Gasteiger partial charge in [-0.2, -0.15) is 0 Å². The Bertz CT molecular complexity index is 653. The lowest BCUT2D eigenvalue weighted by Crippen LogP contribution is -2.05. The molecular formula is C16H13NOS2. The predicted molar refractivity (Wildman–Crippen MR) is 88.1 cm³/mol. The van der Waals surface area contributed by atoms with Gasteiger partial charge in [0.05, 0.1) is 11.4 Å². The first-order chi connectivity index (χ1) is 9.83. The zero-order valence-electron chi connectivity index (χ0n) is 10.8. The van der Waals surface area contributed by atoms with E-state index in [4.69, 9.17) is 0 Å². The highest BCUT2D eigenvalue weighted by molar-refractivity contribution is 8.38. The lowest BCUT2D eigenvalue weighted by atomic mass is 10.2. The number of aliphatic imine (C=N–C) groups is 1. The molecule has 2 nitrogen and oxygen atoms in total. The Hall–Kier alpha value is -1.52. The van der Waals surface area contributed by atoms with Gasteiger partial charge in [-0.1, -0.05) is 72.1 Å². The highest BCUT2D eigenvalue weighted by Gasteiger charge is 2.14. The van der Waals surface area contributed by atoms with Crippen LogP contribution in [0.15, 0.2) is 59.6 Å². The highest BCUT2D eigenvalue weighted by Crippen LogP contribution is 2.34. The van der Waals surface area contributed by atoms with Crippen molar-refractivity contribution in [2.75, 3.05) is 5.75 Å². The van der Waals surface area contributed by atoms with E-state index in [1.165, 1.54) is 17.3 Å². The van der Waals surface area contributed by atoms with Gasteiger partial charge < -0.3 is 0 Å². The number of ketones is 1. The first-order valence-electron chi connectivity index (χ1n) is 6.33. The molecule has 0 atom stereocenters. The maximum atomic E-state index is 12.0. The number of Topliss-reactive ketones (excluding diaryl/α,β-unsaturated/α-hetero) is 1. The van der Waals surface area contributed by atoms with Gasteiger partial charge in [-0.15, -0.1) is 0 Å². The van der Waals surface area contributed by atoms with Gasteiger partial charge >= 0.3 is 0 Å². The lowest BCUT2D eigenvalue weighted by molar-refractivity contribution is 0.102. The van der Waals surface area contributed by atoms with E-state index in [1.807, 2.05) is 48.5 Å². The fourth-order valence-corrected chi connectivity index (χ4v) is 3.88. The largest absolute Gasteiger partial charge is 0.293 e. The van der Waals surface area contributed by atoms with Crippen LogP contribution in [0.3, 0.4) is 0 Å². The second-order valence-electron chi connectivity index (χ2n) is 4.37. The number of carbonyl (C=O) groups excluding carboxylic acids is 1. The second kappa shape index (κ2) is 6.29. The van der Waals surface area contributed by atoms with Crippen LogP contribution in [0, 0.1) is 0 Å². The number of hydrogen-bond donors (Lipinski definition) is 0. The quantitative estimate of drug-likeness (QED) is 0.779. The minimum absolute atomic E-state index is 0.151. The lowest BCUT2D eigenvalue weighted by Gasteiger charge is -2.13. The van der Waals surface area contributed by atoms with E-state index in [2.05, 4.69) is 11.1 Å². The molecule has 0 spiro atoms. The van der Waals surface area contributed by atoms with E-state index in [9.17, 15) is 4.79 Å². The first-order valence-corrected chi connectivity index (χ1v) is 8.30. The van der Waals surface area contributed by atoms with Crippen molar-refractivity contribution >= 4 is 39.4 Å². The highest BCUT2D eigenvalue weighted by atomic mass is 32.2. The summed E-state index contributed by atoms with van der Waals surface area (Å²) in [5.74, 6) is 1.53. The number of nitrogens with zero attached hydrogens (tertiary/aromatic N) is 1. The fourth-order valence-electron chi connectivity index (χ4n) is 1.92. The van der Waals surface area contributed by atoms with Crippen LogP contribution in [0.2, 0.25) is 0 Å². The third-order valence-corrected chi connectivity index (χ3v) is 5.22. The van der Waals surface area contributed by atoms with Gasteiger partial charge in [0.1, 0.15) is 4.38 Å². The number of thioether (sulfide) groups is 2. The monoisotopic (exact) mass is 299 g/mol. The van der Waals surface area contributed by atoms with Crippen LogP contribution in [0.1, 0.15) is 15.9 Å². The number of rotatable bonds is 3. The number of benzene rings is 2. The Morgan fingerprint density at radius 3 is 2.70 bits per heavy atom. The maximum absolute atomic E-state index is 12.0. The van der Waals surface area contributed by atoms with Crippen LogP contribution in [0.4, 0.5) is 5.69 Å². The molecule has 100 valence electrons. The van der Waals surface area contributed by atoms with Gasteiger partial charge in [-0.05, 0) is 11.6 Å². The molecule has 2 aromatic carbocycles. The van der Waals surface area contributed by atoms with E-state index in [0.717, 1.165) is 21.4 Å². The van der Waals surface area contributed by atoms with E-state index >= 15 is 0 Å². The van der Waals surface area contributed by atoms with Crippen molar-refractivity contribution < 1.29 is 4.79 Å². The third kappa shape index (κ3) is 3.14. The minimum atomic E-state index is 0.151. The van der Waals surface area contributed by atoms with E-state index in [-0.39, 0.29) is 5.78 Å². The summed E-state index contributed by atoms with van der Waals surface area (Å²) in [7, 11) is 0. The van der Waals surface area contributed by atoms with Crippen LogP contribution >= 0.6 is 23.5 Å². The summed E-state index contributed by atoms with van der Waals surface area (Å²) in [4.78, 5) is 16.6.